The number of rotatable bonds is 3. The molecule has 22 heavy (non-hydrogen) atoms. The molecule has 5 nitrogen and oxygen atoms in total. The first-order chi connectivity index (χ1) is 10.2. The standard InChI is InChI=1S/C16H17FN2O3/c1-16(2,3)13-12(6-7-19-14(13)15(20)21)22-9-4-5-11(18)10(17)8-9/h4-8H,18H2,1-3H3,(H,20,21). The van der Waals surface area contributed by atoms with E-state index in [1.54, 1.807) is 6.07 Å². The van der Waals surface area contributed by atoms with Gasteiger partial charge in [-0.25, -0.2) is 14.2 Å². The molecule has 0 saturated carbocycles. The Kier molecular flexibility index (Phi) is 4.03. The SMILES string of the molecule is CC(C)(C)c1c(Oc2ccc(N)c(F)c2)ccnc1C(=O)O. The van der Waals surface area contributed by atoms with E-state index in [2.05, 4.69) is 4.98 Å². The van der Waals surface area contributed by atoms with Crippen molar-refractivity contribution in [1.29, 1.82) is 0 Å². The molecule has 2 rings (SSSR count). The number of nitrogens with zero attached hydrogens (tertiary/aromatic N) is 1. The Morgan fingerprint density at radius 1 is 1.32 bits per heavy atom. The minimum atomic E-state index is -1.14. The minimum Gasteiger partial charge on any atom is -0.476 e. The average molecular weight is 304 g/mol. The van der Waals surface area contributed by atoms with E-state index in [0.717, 1.165) is 6.07 Å². The monoisotopic (exact) mass is 304 g/mol. The molecule has 0 spiro atoms. The third-order valence-electron chi connectivity index (χ3n) is 3.07. The van der Waals surface area contributed by atoms with Crippen LogP contribution >= 0.6 is 0 Å². The Morgan fingerprint density at radius 2 is 2.00 bits per heavy atom. The number of aromatic nitrogens is 1. The Bertz CT molecular complexity index is 724. The molecule has 0 bridgehead atoms. The van der Waals surface area contributed by atoms with Gasteiger partial charge in [-0.2, -0.15) is 0 Å². The molecule has 0 radical (unpaired) electrons. The van der Waals surface area contributed by atoms with Gasteiger partial charge in [0.2, 0.25) is 0 Å². The number of benzene rings is 1. The summed E-state index contributed by atoms with van der Waals surface area (Å²) in [5.74, 6) is -1.18. The highest BCUT2D eigenvalue weighted by molar-refractivity contribution is 5.88. The fraction of sp³-hybridized carbons (Fsp3) is 0.250. The number of nitrogen functional groups attached to an aromatic ring is 1. The van der Waals surface area contributed by atoms with Gasteiger partial charge >= 0.3 is 5.97 Å². The molecule has 0 amide bonds. The summed E-state index contributed by atoms with van der Waals surface area (Å²) in [6.07, 6.45) is 1.35. The van der Waals surface area contributed by atoms with Crippen LogP contribution in [0, 0.1) is 5.82 Å². The Hall–Kier alpha value is -2.63. The zero-order valence-electron chi connectivity index (χ0n) is 12.6. The van der Waals surface area contributed by atoms with Gasteiger partial charge in [-0.3, -0.25) is 0 Å². The zero-order valence-corrected chi connectivity index (χ0v) is 12.6. The minimum absolute atomic E-state index is 0.0179. The summed E-state index contributed by atoms with van der Waals surface area (Å²) < 4.78 is 19.2. The third-order valence-corrected chi connectivity index (χ3v) is 3.07. The van der Waals surface area contributed by atoms with E-state index in [1.165, 1.54) is 18.3 Å². The van der Waals surface area contributed by atoms with Crippen LogP contribution in [0.15, 0.2) is 30.5 Å². The van der Waals surface area contributed by atoms with Crippen molar-refractivity contribution in [3.63, 3.8) is 0 Å². The van der Waals surface area contributed by atoms with Crippen molar-refractivity contribution in [2.75, 3.05) is 5.73 Å². The Labute approximate surface area is 127 Å². The molecule has 0 saturated heterocycles. The lowest BCUT2D eigenvalue weighted by molar-refractivity contribution is 0.0687. The van der Waals surface area contributed by atoms with Crippen molar-refractivity contribution in [3.05, 3.63) is 47.5 Å². The molecule has 0 atom stereocenters. The van der Waals surface area contributed by atoms with Crippen LogP contribution in [0.25, 0.3) is 0 Å². The summed E-state index contributed by atoms with van der Waals surface area (Å²) in [6.45, 7) is 5.56. The summed E-state index contributed by atoms with van der Waals surface area (Å²) in [6, 6.07) is 5.62. The third kappa shape index (κ3) is 3.16. The predicted molar refractivity (Wildman–Crippen MR) is 80.8 cm³/mol. The Balaban J connectivity index is 2.53. The van der Waals surface area contributed by atoms with E-state index in [9.17, 15) is 14.3 Å². The van der Waals surface area contributed by atoms with Gasteiger partial charge in [0.15, 0.2) is 5.69 Å². The van der Waals surface area contributed by atoms with Crippen molar-refractivity contribution in [3.8, 4) is 11.5 Å². The first kappa shape index (κ1) is 15.8. The predicted octanol–water partition coefficient (Wildman–Crippen LogP) is 3.59. The van der Waals surface area contributed by atoms with Crippen molar-refractivity contribution in [2.24, 2.45) is 0 Å². The van der Waals surface area contributed by atoms with Crippen LogP contribution in [0.1, 0.15) is 36.8 Å². The molecule has 0 aliphatic rings. The number of hydrogen-bond donors (Lipinski definition) is 2. The molecule has 6 heteroatoms. The van der Waals surface area contributed by atoms with Crippen molar-refractivity contribution >= 4 is 11.7 Å². The highest BCUT2D eigenvalue weighted by Gasteiger charge is 2.27. The second kappa shape index (κ2) is 5.63. The first-order valence-corrected chi connectivity index (χ1v) is 6.66. The zero-order chi connectivity index (χ0) is 16.5. The largest absolute Gasteiger partial charge is 0.476 e. The first-order valence-electron chi connectivity index (χ1n) is 6.66. The van der Waals surface area contributed by atoms with Crippen LogP contribution in [-0.2, 0) is 5.41 Å². The highest BCUT2D eigenvalue weighted by atomic mass is 19.1. The maximum atomic E-state index is 13.5. The van der Waals surface area contributed by atoms with Crippen LogP contribution in [0.2, 0.25) is 0 Å². The number of pyridine rings is 1. The van der Waals surface area contributed by atoms with Gasteiger partial charge in [-0.15, -0.1) is 0 Å². The van der Waals surface area contributed by atoms with Crippen LogP contribution < -0.4 is 10.5 Å². The van der Waals surface area contributed by atoms with Crippen LogP contribution in [-0.4, -0.2) is 16.1 Å². The van der Waals surface area contributed by atoms with E-state index in [-0.39, 0.29) is 17.1 Å². The maximum absolute atomic E-state index is 13.5. The van der Waals surface area contributed by atoms with Crippen LogP contribution in [0.5, 0.6) is 11.5 Å². The smallest absolute Gasteiger partial charge is 0.354 e. The van der Waals surface area contributed by atoms with E-state index >= 15 is 0 Å². The topological polar surface area (TPSA) is 85.4 Å². The second-order valence-electron chi connectivity index (χ2n) is 5.87. The lowest BCUT2D eigenvalue weighted by Gasteiger charge is -2.24. The van der Waals surface area contributed by atoms with Gasteiger partial charge in [-0.05, 0) is 23.6 Å². The van der Waals surface area contributed by atoms with Crippen molar-refractivity contribution < 1.29 is 19.0 Å². The summed E-state index contributed by atoms with van der Waals surface area (Å²) >= 11 is 0. The number of aromatic carboxylic acids is 1. The fourth-order valence-electron chi connectivity index (χ4n) is 2.11. The van der Waals surface area contributed by atoms with Crippen LogP contribution in [0.4, 0.5) is 10.1 Å². The molecular weight excluding hydrogens is 287 g/mol. The highest BCUT2D eigenvalue weighted by Crippen LogP contribution is 2.36. The van der Waals surface area contributed by atoms with Gasteiger partial charge < -0.3 is 15.6 Å². The molecular formula is C16H17FN2O3. The summed E-state index contributed by atoms with van der Waals surface area (Å²) in [5.41, 5.74) is 5.30. The number of nitrogens with two attached hydrogens (primary N) is 1. The van der Waals surface area contributed by atoms with E-state index < -0.39 is 17.2 Å². The molecule has 0 aliphatic heterocycles. The molecule has 1 heterocycles. The molecule has 2 aromatic rings. The quantitative estimate of drug-likeness (QED) is 0.846. The molecule has 116 valence electrons. The lowest BCUT2D eigenvalue weighted by atomic mass is 9.85. The number of carboxylic acids is 1. The normalized spacial score (nSPS) is 11.3. The van der Waals surface area contributed by atoms with Crippen molar-refractivity contribution in [2.45, 2.75) is 26.2 Å². The van der Waals surface area contributed by atoms with E-state index in [0.29, 0.717) is 11.3 Å². The van der Waals surface area contributed by atoms with Crippen molar-refractivity contribution in [1.82, 2.24) is 4.98 Å². The summed E-state index contributed by atoms with van der Waals surface area (Å²) in [5, 5.41) is 9.31. The number of hydrogen-bond acceptors (Lipinski definition) is 4. The second-order valence-corrected chi connectivity index (χ2v) is 5.87. The number of anilines is 1. The van der Waals surface area contributed by atoms with Gasteiger partial charge in [-0.1, -0.05) is 20.8 Å². The Morgan fingerprint density at radius 3 is 2.55 bits per heavy atom. The fourth-order valence-corrected chi connectivity index (χ4v) is 2.11. The van der Waals surface area contributed by atoms with Gasteiger partial charge in [0.25, 0.3) is 0 Å². The van der Waals surface area contributed by atoms with Gasteiger partial charge in [0, 0.05) is 17.8 Å². The number of carboxylic acid groups (broad SMARTS) is 1. The number of ether oxygens (including phenoxy) is 1. The van der Waals surface area contributed by atoms with Crippen LogP contribution in [0.3, 0.4) is 0 Å². The molecule has 0 fully saturated rings. The maximum Gasteiger partial charge on any atom is 0.354 e. The number of carbonyl (C=O) groups is 1. The lowest BCUT2D eigenvalue weighted by Crippen LogP contribution is -2.19. The molecule has 1 aromatic carbocycles. The molecule has 3 N–H and O–H groups in total. The summed E-state index contributed by atoms with van der Waals surface area (Å²) in [4.78, 5) is 15.3. The summed E-state index contributed by atoms with van der Waals surface area (Å²) in [7, 11) is 0. The molecule has 0 aliphatic carbocycles. The van der Waals surface area contributed by atoms with Gasteiger partial charge in [0.05, 0.1) is 5.69 Å². The number of halogens is 1. The van der Waals surface area contributed by atoms with E-state index in [1.807, 2.05) is 20.8 Å². The van der Waals surface area contributed by atoms with E-state index in [4.69, 9.17) is 10.5 Å². The average Bonchev–Trinajstić information content (AvgIpc) is 2.41. The molecule has 1 aromatic heterocycles. The van der Waals surface area contributed by atoms with Gasteiger partial charge in [0.1, 0.15) is 17.3 Å². The molecule has 0 unspecified atom stereocenters.